The van der Waals surface area contributed by atoms with E-state index in [9.17, 15) is 32.5 Å². The zero-order chi connectivity index (χ0) is 31.5. The molecule has 16 heteroatoms. The number of likely N-dealkylation sites (N-methyl/N-ethyl adjacent to an activating group) is 1. The second kappa shape index (κ2) is 16.5. The fourth-order valence-corrected chi connectivity index (χ4v) is 5.96. The lowest BCUT2D eigenvalue weighted by atomic mass is 9.86. The molecule has 0 aromatic heterocycles. The zero-order valence-corrected chi connectivity index (χ0v) is 26.0. The van der Waals surface area contributed by atoms with E-state index in [0.717, 1.165) is 29.3 Å². The van der Waals surface area contributed by atoms with Crippen LogP contribution in [0.5, 0.6) is 5.75 Å². The summed E-state index contributed by atoms with van der Waals surface area (Å²) in [7, 11) is -4.75. The van der Waals surface area contributed by atoms with Crippen LogP contribution in [-0.2, 0) is 24.4 Å². The molecule has 2 rings (SSSR count). The number of benzene rings is 1. The summed E-state index contributed by atoms with van der Waals surface area (Å²) in [5.74, 6) is -1.71. The first kappa shape index (κ1) is 35.8. The van der Waals surface area contributed by atoms with Gasteiger partial charge in [-0.25, -0.2) is 4.57 Å². The molecular weight excluding hydrogens is 591 g/mol. The summed E-state index contributed by atoms with van der Waals surface area (Å²) < 4.78 is 43.9. The van der Waals surface area contributed by atoms with Crippen LogP contribution in [-0.4, -0.2) is 96.5 Å². The standard InChI is InChI=1S/C26H43N4O10PS/c1-29(2)42(38,39)28-23(25(33)20-11-13-21(14-12-20)40-41(35,36)37)18-27-22(15-16-24(31)32)26(34)30(3)17-7-10-19-8-5-4-6-9-19/h11-14,19,22-23,27-28H,4-10,15-18H2,1-3H3,(H,31,32)(H2,35,36,37). The summed E-state index contributed by atoms with van der Waals surface area (Å²) in [4.78, 5) is 57.4. The number of carbonyl (C=O) groups is 3. The van der Waals surface area contributed by atoms with Crippen LogP contribution in [0.1, 0.15) is 68.1 Å². The van der Waals surface area contributed by atoms with Gasteiger partial charge in [-0.1, -0.05) is 32.1 Å². The molecule has 1 fully saturated rings. The summed E-state index contributed by atoms with van der Waals surface area (Å²) >= 11 is 0. The van der Waals surface area contributed by atoms with Gasteiger partial charge in [-0.3, -0.25) is 24.2 Å². The molecule has 1 aliphatic rings. The number of Topliss-reactive ketones (excluding diaryl/α,β-unsaturated/α-hetero) is 1. The lowest BCUT2D eigenvalue weighted by molar-refractivity contribution is -0.137. The number of nitrogens with zero attached hydrogens (tertiary/aromatic N) is 2. The van der Waals surface area contributed by atoms with Crippen molar-refractivity contribution in [2.75, 3.05) is 34.2 Å². The van der Waals surface area contributed by atoms with Gasteiger partial charge in [-0.2, -0.15) is 17.4 Å². The third-order valence-corrected chi connectivity index (χ3v) is 9.16. The number of hydrogen-bond donors (Lipinski definition) is 5. The van der Waals surface area contributed by atoms with Crippen molar-refractivity contribution in [3.8, 4) is 5.75 Å². The number of amides is 1. The van der Waals surface area contributed by atoms with E-state index in [2.05, 4.69) is 14.6 Å². The van der Waals surface area contributed by atoms with Crippen molar-refractivity contribution in [1.29, 1.82) is 0 Å². The van der Waals surface area contributed by atoms with E-state index < -0.39 is 41.9 Å². The number of aliphatic carboxylic acids is 1. The van der Waals surface area contributed by atoms with Crippen LogP contribution in [0.3, 0.4) is 0 Å². The number of rotatable bonds is 18. The first-order valence-electron chi connectivity index (χ1n) is 13.9. The Balaban J connectivity index is 2.16. The molecular formula is C26H43N4O10PS. The Bertz CT molecular complexity index is 1200. The normalized spacial score (nSPS) is 16.1. The molecule has 2 atom stereocenters. The number of nitrogens with one attached hydrogen (secondary N) is 2. The van der Waals surface area contributed by atoms with Crippen molar-refractivity contribution in [2.45, 2.75) is 69.9 Å². The molecule has 0 bridgehead atoms. The fourth-order valence-electron chi connectivity index (χ4n) is 4.80. The predicted octanol–water partition coefficient (Wildman–Crippen LogP) is 1.75. The maximum Gasteiger partial charge on any atom is 0.524 e. The average Bonchev–Trinajstić information content (AvgIpc) is 2.91. The Morgan fingerprint density at radius 1 is 1.05 bits per heavy atom. The number of carboxylic acid groups (broad SMARTS) is 1. The van der Waals surface area contributed by atoms with E-state index in [0.29, 0.717) is 12.5 Å². The Morgan fingerprint density at radius 2 is 1.67 bits per heavy atom. The van der Waals surface area contributed by atoms with Crippen LogP contribution in [0.25, 0.3) is 0 Å². The average molecular weight is 635 g/mol. The molecule has 1 amide bonds. The molecule has 1 aliphatic carbocycles. The summed E-state index contributed by atoms with van der Waals surface area (Å²) in [5.41, 5.74) is 0.00885. The molecule has 1 aromatic rings. The van der Waals surface area contributed by atoms with E-state index in [1.165, 1.54) is 63.2 Å². The molecule has 2 unspecified atom stereocenters. The van der Waals surface area contributed by atoms with E-state index in [1.54, 1.807) is 7.05 Å². The molecule has 238 valence electrons. The largest absolute Gasteiger partial charge is 0.524 e. The van der Waals surface area contributed by atoms with Gasteiger partial charge in [0.2, 0.25) is 5.91 Å². The maximum atomic E-state index is 13.3. The van der Waals surface area contributed by atoms with E-state index in [4.69, 9.17) is 9.79 Å². The van der Waals surface area contributed by atoms with E-state index in [1.807, 2.05) is 0 Å². The van der Waals surface area contributed by atoms with Gasteiger partial charge in [-0.15, -0.1) is 0 Å². The summed E-state index contributed by atoms with van der Waals surface area (Å²) in [5, 5.41) is 12.1. The second-order valence-corrected chi connectivity index (χ2v) is 13.8. The number of carbonyl (C=O) groups excluding carboxylic acids is 2. The lowest BCUT2D eigenvalue weighted by Gasteiger charge is -2.28. The highest BCUT2D eigenvalue weighted by atomic mass is 32.2. The van der Waals surface area contributed by atoms with Gasteiger partial charge in [0.05, 0.1) is 12.1 Å². The first-order chi connectivity index (χ1) is 19.6. The molecule has 0 heterocycles. The van der Waals surface area contributed by atoms with E-state index in [-0.39, 0.29) is 36.6 Å². The topological polar surface area (TPSA) is 203 Å². The molecule has 0 radical (unpaired) electrons. The Hall–Kier alpha value is -2.39. The predicted molar refractivity (Wildman–Crippen MR) is 155 cm³/mol. The van der Waals surface area contributed by atoms with Gasteiger partial charge in [0, 0.05) is 46.2 Å². The summed E-state index contributed by atoms with van der Waals surface area (Å²) in [6.07, 6.45) is 7.52. The maximum absolute atomic E-state index is 13.3. The monoisotopic (exact) mass is 634 g/mol. The number of hydrogen-bond acceptors (Lipinski definition) is 8. The summed E-state index contributed by atoms with van der Waals surface area (Å²) in [6.45, 7) is 0.151. The molecule has 0 saturated heterocycles. The van der Waals surface area contributed by atoms with Crippen molar-refractivity contribution < 1.29 is 46.8 Å². The zero-order valence-electron chi connectivity index (χ0n) is 24.3. The highest BCUT2D eigenvalue weighted by molar-refractivity contribution is 7.87. The second-order valence-electron chi connectivity index (χ2n) is 10.7. The van der Waals surface area contributed by atoms with Crippen molar-refractivity contribution in [2.24, 2.45) is 5.92 Å². The lowest BCUT2D eigenvalue weighted by Crippen LogP contribution is -2.54. The highest BCUT2D eigenvalue weighted by Crippen LogP contribution is 2.37. The van der Waals surface area contributed by atoms with Crippen LogP contribution in [0.2, 0.25) is 0 Å². The van der Waals surface area contributed by atoms with Crippen LogP contribution in [0.4, 0.5) is 0 Å². The molecule has 0 aliphatic heterocycles. The number of ketones is 1. The van der Waals surface area contributed by atoms with Crippen LogP contribution in [0, 0.1) is 5.92 Å². The van der Waals surface area contributed by atoms with Gasteiger partial charge in [0.25, 0.3) is 10.2 Å². The van der Waals surface area contributed by atoms with Gasteiger partial charge < -0.3 is 19.8 Å². The molecule has 42 heavy (non-hydrogen) atoms. The molecule has 1 aromatic carbocycles. The highest BCUT2D eigenvalue weighted by Gasteiger charge is 2.30. The molecule has 1 saturated carbocycles. The Morgan fingerprint density at radius 3 is 2.21 bits per heavy atom. The smallest absolute Gasteiger partial charge is 0.481 e. The van der Waals surface area contributed by atoms with Gasteiger partial charge in [-0.05, 0) is 49.4 Å². The third-order valence-electron chi connectivity index (χ3n) is 7.17. The minimum absolute atomic E-state index is 0.00885. The summed E-state index contributed by atoms with van der Waals surface area (Å²) in [6, 6.07) is 2.36. The van der Waals surface area contributed by atoms with Crippen LogP contribution >= 0.6 is 7.82 Å². The SMILES string of the molecule is CN(CCCC1CCCCC1)C(=O)C(CCC(=O)O)NCC(NS(=O)(=O)N(C)C)C(=O)c1ccc(OP(=O)(O)O)cc1. The van der Waals surface area contributed by atoms with Crippen LogP contribution in [0.15, 0.2) is 24.3 Å². The van der Waals surface area contributed by atoms with Crippen molar-refractivity contribution in [3.63, 3.8) is 0 Å². The first-order valence-corrected chi connectivity index (χ1v) is 16.9. The minimum Gasteiger partial charge on any atom is -0.481 e. The quantitative estimate of drug-likeness (QED) is 0.116. The fraction of sp³-hybridized carbons (Fsp3) is 0.654. The van der Waals surface area contributed by atoms with Gasteiger partial charge >= 0.3 is 13.8 Å². The van der Waals surface area contributed by atoms with Crippen molar-refractivity contribution in [3.05, 3.63) is 29.8 Å². The number of carboxylic acids is 1. The van der Waals surface area contributed by atoms with Crippen molar-refractivity contribution >= 4 is 35.7 Å². The molecule has 0 spiro atoms. The Labute approximate surface area is 247 Å². The molecule has 14 nitrogen and oxygen atoms in total. The third kappa shape index (κ3) is 12.5. The van der Waals surface area contributed by atoms with Crippen molar-refractivity contribution in [1.82, 2.24) is 19.2 Å². The Kier molecular flexibility index (Phi) is 14.0. The number of phosphoric acid groups is 1. The minimum atomic E-state index is -4.82. The van der Waals surface area contributed by atoms with Gasteiger partial charge in [0.1, 0.15) is 5.75 Å². The van der Waals surface area contributed by atoms with Gasteiger partial charge in [0.15, 0.2) is 5.78 Å². The van der Waals surface area contributed by atoms with E-state index >= 15 is 0 Å². The number of phosphoric ester groups is 1. The van der Waals surface area contributed by atoms with Crippen LogP contribution < -0.4 is 14.6 Å². The molecule has 5 N–H and O–H groups in total.